The van der Waals surface area contributed by atoms with Crippen molar-refractivity contribution in [3.05, 3.63) is 76.9 Å². The second-order valence-electron chi connectivity index (χ2n) is 7.51. The van der Waals surface area contributed by atoms with Crippen LogP contribution in [-0.4, -0.2) is 30.0 Å². The van der Waals surface area contributed by atoms with E-state index < -0.39 is 38.8 Å². The number of hydrogen-bond acceptors (Lipinski definition) is 4. The number of H-pyrrole nitrogens is 1. The van der Waals surface area contributed by atoms with Gasteiger partial charge in [0.2, 0.25) is 10.0 Å². The van der Waals surface area contributed by atoms with Crippen molar-refractivity contribution in [3.8, 4) is 11.3 Å². The van der Waals surface area contributed by atoms with Gasteiger partial charge >= 0.3 is 0 Å². The van der Waals surface area contributed by atoms with Crippen molar-refractivity contribution in [2.24, 2.45) is 0 Å². The minimum Gasteiger partial charge on any atom is -0.339 e. The molecule has 176 valence electrons. The van der Waals surface area contributed by atoms with Crippen molar-refractivity contribution in [2.75, 3.05) is 15.8 Å². The molecule has 7 nitrogen and oxygen atoms in total. The molecule has 2 aromatic heterocycles. The molecule has 0 atom stereocenters. The maximum Gasteiger partial charge on any atom is 0.261 e. The molecule has 3 N–H and O–H groups in total. The number of hydrogen-bond donors (Lipinski definition) is 3. The van der Waals surface area contributed by atoms with Gasteiger partial charge in [-0.05, 0) is 48.4 Å². The number of carbonyl (C=O) groups is 1. The highest BCUT2D eigenvalue weighted by Gasteiger charge is 2.23. The first-order chi connectivity index (χ1) is 16.2. The third kappa shape index (κ3) is 5.02. The minimum absolute atomic E-state index is 0.199. The van der Waals surface area contributed by atoms with E-state index in [9.17, 15) is 22.0 Å². The number of carbonyl (C=O) groups excluding carboxylic acids is 1. The van der Waals surface area contributed by atoms with Gasteiger partial charge < -0.3 is 10.3 Å². The summed E-state index contributed by atoms with van der Waals surface area (Å²) in [5.41, 5.74) is 0.902. The molecule has 0 aliphatic heterocycles. The van der Waals surface area contributed by atoms with E-state index in [1.807, 2.05) is 16.9 Å². The molecule has 2 aromatic carbocycles. The number of anilines is 2. The third-order valence-corrected chi connectivity index (χ3v) is 6.63. The highest BCUT2D eigenvalue weighted by Crippen LogP contribution is 2.28. The minimum atomic E-state index is -3.83. The Bertz CT molecular complexity index is 1510. The number of fused-ring (bicyclic) bond motifs is 1. The van der Waals surface area contributed by atoms with E-state index in [-0.39, 0.29) is 11.4 Å². The highest BCUT2D eigenvalue weighted by molar-refractivity contribution is 7.92. The first kappa shape index (κ1) is 23.7. The molecule has 11 heteroatoms. The number of pyridine rings is 1. The van der Waals surface area contributed by atoms with Gasteiger partial charge in [-0.25, -0.2) is 22.2 Å². The second-order valence-corrected chi connectivity index (χ2v) is 9.79. The van der Waals surface area contributed by atoms with Crippen LogP contribution in [0.5, 0.6) is 0 Å². The summed E-state index contributed by atoms with van der Waals surface area (Å²) in [4.78, 5) is 20.1. The fraction of sp³-hybridized carbons (Fsp3) is 0.130. The van der Waals surface area contributed by atoms with Crippen LogP contribution in [0.3, 0.4) is 0 Å². The normalized spacial score (nSPS) is 11.5. The summed E-state index contributed by atoms with van der Waals surface area (Å²) in [6, 6.07) is 12.4. The summed E-state index contributed by atoms with van der Waals surface area (Å²) in [6.45, 7) is 1.65. The van der Waals surface area contributed by atoms with Gasteiger partial charge in [0.15, 0.2) is 5.82 Å². The number of rotatable bonds is 7. The zero-order chi connectivity index (χ0) is 24.5. The zero-order valence-electron chi connectivity index (χ0n) is 17.8. The van der Waals surface area contributed by atoms with Crippen molar-refractivity contribution >= 4 is 49.9 Å². The van der Waals surface area contributed by atoms with Crippen LogP contribution in [0, 0.1) is 11.6 Å². The fourth-order valence-corrected chi connectivity index (χ4v) is 4.74. The van der Waals surface area contributed by atoms with Gasteiger partial charge in [-0.2, -0.15) is 0 Å². The van der Waals surface area contributed by atoms with Gasteiger partial charge in [0, 0.05) is 16.1 Å². The fourth-order valence-electron chi connectivity index (χ4n) is 3.42. The number of amides is 1. The van der Waals surface area contributed by atoms with Crippen molar-refractivity contribution in [1.82, 2.24) is 9.97 Å². The van der Waals surface area contributed by atoms with Crippen molar-refractivity contribution in [1.29, 1.82) is 0 Å². The van der Waals surface area contributed by atoms with E-state index >= 15 is 0 Å². The molecule has 0 spiro atoms. The Kier molecular flexibility index (Phi) is 6.54. The van der Waals surface area contributed by atoms with Crippen LogP contribution in [0.1, 0.15) is 23.7 Å². The number of halogens is 3. The van der Waals surface area contributed by atoms with Crippen LogP contribution in [0.2, 0.25) is 5.02 Å². The maximum atomic E-state index is 14.9. The van der Waals surface area contributed by atoms with Crippen LogP contribution < -0.4 is 10.0 Å². The number of aromatic nitrogens is 2. The first-order valence-electron chi connectivity index (χ1n) is 10.2. The summed E-state index contributed by atoms with van der Waals surface area (Å²) in [6.07, 6.45) is 1.64. The van der Waals surface area contributed by atoms with Gasteiger partial charge in [0.05, 0.1) is 23.3 Å². The van der Waals surface area contributed by atoms with Gasteiger partial charge in [0.25, 0.3) is 5.91 Å². The SMILES string of the molecule is CCCS(=O)(=O)Nc1ccc(F)c(C(=O)Nc2cnc3[nH]c(-c4cccc(Cl)c4)cc3c2)c1F. The molecule has 0 unspecified atom stereocenters. The molecule has 4 rings (SSSR count). The molecule has 2 heterocycles. The Morgan fingerprint density at radius 2 is 1.94 bits per heavy atom. The lowest BCUT2D eigenvalue weighted by Crippen LogP contribution is -2.20. The zero-order valence-corrected chi connectivity index (χ0v) is 19.4. The molecule has 0 saturated heterocycles. The van der Waals surface area contributed by atoms with E-state index in [0.717, 1.165) is 23.4 Å². The Balaban J connectivity index is 1.61. The molecule has 0 aliphatic rings. The Morgan fingerprint density at radius 1 is 1.15 bits per heavy atom. The number of nitrogens with zero attached hydrogens (tertiary/aromatic N) is 1. The number of sulfonamides is 1. The molecular weight excluding hydrogens is 486 g/mol. The largest absolute Gasteiger partial charge is 0.339 e. The molecule has 0 radical (unpaired) electrons. The predicted octanol–water partition coefficient (Wildman–Crippen LogP) is 5.57. The van der Waals surface area contributed by atoms with Crippen LogP contribution >= 0.6 is 11.6 Å². The van der Waals surface area contributed by atoms with Gasteiger partial charge in [-0.15, -0.1) is 0 Å². The number of nitrogens with one attached hydrogen (secondary N) is 3. The van der Waals surface area contributed by atoms with Crippen LogP contribution in [0.25, 0.3) is 22.3 Å². The van der Waals surface area contributed by atoms with E-state index in [2.05, 4.69) is 15.3 Å². The quantitative estimate of drug-likeness (QED) is 0.306. The Morgan fingerprint density at radius 3 is 2.68 bits per heavy atom. The van der Waals surface area contributed by atoms with E-state index in [4.69, 9.17) is 11.6 Å². The predicted molar refractivity (Wildman–Crippen MR) is 129 cm³/mol. The molecule has 4 aromatic rings. The summed E-state index contributed by atoms with van der Waals surface area (Å²) < 4.78 is 55.2. The number of benzene rings is 2. The van der Waals surface area contributed by atoms with E-state index in [1.165, 1.54) is 6.20 Å². The summed E-state index contributed by atoms with van der Waals surface area (Å²) in [5.74, 6) is -3.77. The van der Waals surface area contributed by atoms with E-state index in [1.54, 1.807) is 31.2 Å². The number of aromatic amines is 1. The lowest BCUT2D eigenvalue weighted by molar-refractivity contribution is 0.101. The third-order valence-electron chi connectivity index (χ3n) is 4.92. The topological polar surface area (TPSA) is 104 Å². The Labute approximate surface area is 199 Å². The van der Waals surface area contributed by atoms with Gasteiger partial charge in [-0.1, -0.05) is 30.7 Å². The van der Waals surface area contributed by atoms with E-state index in [0.29, 0.717) is 22.5 Å². The second kappa shape index (κ2) is 9.40. The molecule has 1 amide bonds. The van der Waals surface area contributed by atoms with Gasteiger partial charge in [-0.3, -0.25) is 9.52 Å². The summed E-state index contributed by atoms with van der Waals surface area (Å²) in [7, 11) is -3.83. The van der Waals surface area contributed by atoms with Crippen molar-refractivity contribution < 1.29 is 22.0 Å². The van der Waals surface area contributed by atoms with Crippen molar-refractivity contribution in [3.63, 3.8) is 0 Å². The lowest BCUT2D eigenvalue weighted by Gasteiger charge is -2.12. The average Bonchev–Trinajstić information content (AvgIpc) is 3.19. The van der Waals surface area contributed by atoms with Crippen LogP contribution in [0.4, 0.5) is 20.2 Å². The monoisotopic (exact) mass is 504 g/mol. The lowest BCUT2D eigenvalue weighted by atomic mass is 10.1. The molecule has 0 aliphatic carbocycles. The van der Waals surface area contributed by atoms with Crippen molar-refractivity contribution in [2.45, 2.75) is 13.3 Å². The molecule has 0 fully saturated rings. The maximum absolute atomic E-state index is 14.9. The molecular formula is C23H19ClF2N4O3S. The smallest absolute Gasteiger partial charge is 0.261 e. The van der Waals surface area contributed by atoms with Gasteiger partial charge in [0.1, 0.15) is 17.0 Å². The molecule has 34 heavy (non-hydrogen) atoms. The standard InChI is InChI=1S/C23H19ClF2N4O3S/c1-2-8-34(32,33)30-18-7-6-17(25)20(21(18)26)23(31)28-16-10-14-11-19(29-22(14)27-12-16)13-4-3-5-15(24)9-13/h3-7,9-12,30H,2,8H2,1H3,(H,27,29)(H,28,31). The molecule has 0 bridgehead atoms. The first-order valence-corrected chi connectivity index (χ1v) is 12.2. The van der Waals surface area contributed by atoms with Crippen LogP contribution in [0.15, 0.2) is 54.7 Å². The summed E-state index contributed by atoms with van der Waals surface area (Å²) in [5, 5.41) is 3.63. The highest BCUT2D eigenvalue weighted by atomic mass is 35.5. The summed E-state index contributed by atoms with van der Waals surface area (Å²) >= 11 is 6.05. The average molecular weight is 505 g/mol. The Hall–Kier alpha value is -3.50. The van der Waals surface area contributed by atoms with Crippen LogP contribution in [-0.2, 0) is 10.0 Å². The molecule has 0 saturated carbocycles.